The summed E-state index contributed by atoms with van der Waals surface area (Å²) in [5, 5.41) is 4.55. The van der Waals surface area contributed by atoms with Crippen molar-refractivity contribution in [1.29, 1.82) is 0 Å². The molecule has 0 saturated carbocycles. The molecule has 1 aromatic carbocycles. The van der Waals surface area contributed by atoms with E-state index in [4.69, 9.17) is 28.9 Å². The Labute approximate surface area is 139 Å². The zero-order chi connectivity index (χ0) is 16.3. The summed E-state index contributed by atoms with van der Waals surface area (Å²) in [6, 6.07) is 5.45. The normalized spacial score (nSPS) is 12.2. The van der Waals surface area contributed by atoms with Crippen molar-refractivity contribution in [3.8, 4) is 0 Å². The van der Waals surface area contributed by atoms with Crippen molar-refractivity contribution in [3.63, 3.8) is 0 Å². The molecule has 22 heavy (non-hydrogen) atoms. The molecular formula is C14H18Cl2N6. The lowest BCUT2D eigenvalue weighted by molar-refractivity contribution is 0.558. The van der Waals surface area contributed by atoms with Crippen molar-refractivity contribution in [2.45, 2.75) is 19.5 Å². The Hall–Kier alpha value is -1.63. The highest BCUT2D eigenvalue weighted by molar-refractivity contribution is 6.35. The van der Waals surface area contributed by atoms with Gasteiger partial charge in [-0.15, -0.1) is 0 Å². The van der Waals surface area contributed by atoms with Crippen LogP contribution in [0.15, 0.2) is 18.2 Å². The maximum atomic E-state index is 6.21. The molecule has 0 fully saturated rings. The van der Waals surface area contributed by atoms with Crippen molar-refractivity contribution in [2.24, 2.45) is 0 Å². The van der Waals surface area contributed by atoms with Gasteiger partial charge in [-0.05, 0) is 24.6 Å². The van der Waals surface area contributed by atoms with E-state index in [0.717, 1.165) is 5.56 Å². The molecule has 0 spiro atoms. The molecule has 0 aliphatic carbocycles. The molecular weight excluding hydrogens is 323 g/mol. The van der Waals surface area contributed by atoms with Gasteiger partial charge >= 0.3 is 0 Å². The molecule has 0 amide bonds. The number of hydrogen-bond donors (Lipinski definition) is 2. The summed E-state index contributed by atoms with van der Waals surface area (Å²) >= 11 is 12.1. The van der Waals surface area contributed by atoms with Crippen LogP contribution in [-0.4, -0.2) is 29.0 Å². The van der Waals surface area contributed by atoms with E-state index < -0.39 is 0 Å². The van der Waals surface area contributed by atoms with Gasteiger partial charge in [-0.25, -0.2) is 0 Å². The minimum atomic E-state index is 0.0190. The van der Waals surface area contributed by atoms with E-state index in [1.165, 1.54) is 0 Å². The van der Waals surface area contributed by atoms with Gasteiger partial charge in [-0.3, -0.25) is 0 Å². The van der Waals surface area contributed by atoms with Gasteiger partial charge in [0.15, 0.2) is 0 Å². The van der Waals surface area contributed by atoms with Crippen LogP contribution in [0.25, 0.3) is 0 Å². The van der Waals surface area contributed by atoms with Crippen LogP contribution in [0.3, 0.4) is 0 Å². The van der Waals surface area contributed by atoms with E-state index >= 15 is 0 Å². The molecule has 0 radical (unpaired) electrons. The van der Waals surface area contributed by atoms with Gasteiger partial charge in [-0.1, -0.05) is 29.3 Å². The molecule has 6 nitrogen and oxygen atoms in total. The molecule has 0 bridgehead atoms. The number of rotatable bonds is 5. The summed E-state index contributed by atoms with van der Waals surface area (Å²) in [6.45, 7) is 2.46. The average molecular weight is 341 g/mol. The first-order valence-electron chi connectivity index (χ1n) is 6.73. The first kappa shape index (κ1) is 16.7. The van der Waals surface area contributed by atoms with Crippen molar-refractivity contribution < 1.29 is 0 Å². The Kier molecular flexibility index (Phi) is 5.39. The van der Waals surface area contributed by atoms with Crippen LogP contribution in [-0.2, 0) is 6.54 Å². The molecule has 2 aromatic rings. The van der Waals surface area contributed by atoms with Crippen LogP contribution in [0.5, 0.6) is 0 Å². The first-order valence-corrected chi connectivity index (χ1v) is 7.48. The van der Waals surface area contributed by atoms with Crippen molar-refractivity contribution >= 4 is 35.1 Å². The van der Waals surface area contributed by atoms with Gasteiger partial charge < -0.3 is 16.0 Å². The molecule has 118 valence electrons. The van der Waals surface area contributed by atoms with E-state index in [-0.39, 0.29) is 12.0 Å². The second kappa shape index (κ2) is 7.09. The Bertz CT molecular complexity index is 662. The topological polar surface area (TPSA) is 80.0 Å². The maximum Gasteiger partial charge on any atom is 0.229 e. The molecule has 1 atom stereocenters. The second-order valence-corrected chi connectivity index (χ2v) is 5.92. The summed E-state index contributed by atoms with van der Waals surface area (Å²) in [4.78, 5) is 14.3. The fourth-order valence-electron chi connectivity index (χ4n) is 1.91. The second-order valence-electron chi connectivity index (χ2n) is 5.07. The summed E-state index contributed by atoms with van der Waals surface area (Å²) in [6.07, 6.45) is 0. The SMILES string of the molecule is C[C@@H](NCc1nc(N)nc(N(C)C)n1)c1ccc(Cl)cc1Cl. The fourth-order valence-corrected chi connectivity index (χ4v) is 2.48. The molecule has 1 aromatic heterocycles. The summed E-state index contributed by atoms with van der Waals surface area (Å²) in [5.74, 6) is 1.31. The quantitative estimate of drug-likeness (QED) is 0.870. The van der Waals surface area contributed by atoms with Crippen molar-refractivity contribution in [1.82, 2.24) is 20.3 Å². The fraction of sp³-hybridized carbons (Fsp3) is 0.357. The van der Waals surface area contributed by atoms with Crippen molar-refractivity contribution in [2.75, 3.05) is 24.7 Å². The highest BCUT2D eigenvalue weighted by atomic mass is 35.5. The van der Waals surface area contributed by atoms with E-state index in [1.54, 1.807) is 11.0 Å². The summed E-state index contributed by atoms with van der Waals surface area (Å²) in [7, 11) is 3.70. The minimum Gasteiger partial charge on any atom is -0.368 e. The largest absolute Gasteiger partial charge is 0.368 e. The number of benzene rings is 1. The molecule has 0 unspecified atom stereocenters. The van der Waals surface area contributed by atoms with Crippen LogP contribution in [0.4, 0.5) is 11.9 Å². The van der Waals surface area contributed by atoms with Crippen molar-refractivity contribution in [3.05, 3.63) is 39.6 Å². The number of hydrogen-bond acceptors (Lipinski definition) is 6. The molecule has 8 heteroatoms. The predicted octanol–water partition coefficient (Wildman–Crippen LogP) is 2.68. The first-order chi connectivity index (χ1) is 10.4. The lowest BCUT2D eigenvalue weighted by Crippen LogP contribution is -2.22. The highest BCUT2D eigenvalue weighted by Crippen LogP contribution is 2.26. The molecule has 0 saturated heterocycles. The number of nitrogen functional groups attached to an aromatic ring is 1. The molecule has 1 heterocycles. The monoisotopic (exact) mass is 340 g/mol. The number of aromatic nitrogens is 3. The van der Waals surface area contributed by atoms with Crippen LogP contribution in [0.2, 0.25) is 10.0 Å². The highest BCUT2D eigenvalue weighted by Gasteiger charge is 2.12. The number of anilines is 2. The number of nitrogens with zero attached hydrogens (tertiary/aromatic N) is 4. The zero-order valence-corrected chi connectivity index (χ0v) is 14.2. The lowest BCUT2D eigenvalue weighted by Gasteiger charge is -2.16. The molecule has 0 aliphatic heterocycles. The lowest BCUT2D eigenvalue weighted by atomic mass is 10.1. The summed E-state index contributed by atoms with van der Waals surface area (Å²) in [5.41, 5.74) is 6.66. The van der Waals surface area contributed by atoms with Crippen LogP contribution >= 0.6 is 23.2 Å². The van der Waals surface area contributed by atoms with Crippen LogP contribution in [0, 0.1) is 0 Å². The minimum absolute atomic E-state index is 0.0190. The third kappa shape index (κ3) is 4.19. The van der Waals surface area contributed by atoms with Gasteiger partial charge in [0.25, 0.3) is 0 Å². The van der Waals surface area contributed by atoms with Gasteiger partial charge in [0.2, 0.25) is 11.9 Å². The van der Waals surface area contributed by atoms with Crippen LogP contribution in [0.1, 0.15) is 24.4 Å². The van der Waals surface area contributed by atoms with Crippen LogP contribution < -0.4 is 16.0 Å². The van der Waals surface area contributed by atoms with Gasteiger partial charge in [-0.2, -0.15) is 15.0 Å². The number of nitrogens with two attached hydrogens (primary N) is 1. The Morgan fingerprint density at radius 1 is 1.23 bits per heavy atom. The smallest absolute Gasteiger partial charge is 0.229 e. The maximum absolute atomic E-state index is 6.21. The molecule has 2 rings (SSSR count). The Balaban J connectivity index is 2.09. The number of halogens is 2. The van der Waals surface area contributed by atoms with Gasteiger partial charge in [0.1, 0.15) is 5.82 Å². The van der Waals surface area contributed by atoms with E-state index in [2.05, 4.69) is 20.3 Å². The molecule has 0 aliphatic rings. The third-order valence-corrected chi connectivity index (χ3v) is 3.65. The summed E-state index contributed by atoms with van der Waals surface area (Å²) < 4.78 is 0. The van der Waals surface area contributed by atoms with Gasteiger partial charge in [0.05, 0.1) is 6.54 Å². The Morgan fingerprint density at radius 3 is 2.59 bits per heavy atom. The predicted molar refractivity (Wildman–Crippen MR) is 90.3 cm³/mol. The van der Waals surface area contributed by atoms with E-state index in [0.29, 0.717) is 28.4 Å². The third-order valence-electron chi connectivity index (χ3n) is 3.08. The average Bonchev–Trinajstić information content (AvgIpc) is 2.44. The Morgan fingerprint density at radius 2 is 1.95 bits per heavy atom. The van der Waals surface area contributed by atoms with E-state index in [1.807, 2.05) is 33.2 Å². The number of nitrogens with one attached hydrogen (secondary N) is 1. The molecule has 3 N–H and O–H groups in total. The van der Waals surface area contributed by atoms with Gasteiger partial charge in [0, 0.05) is 30.2 Å². The van der Waals surface area contributed by atoms with E-state index in [9.17, 15) is 0 Å². The standard InChI is InChI=1S/C14H18Cl2N6/c1-8(10-5-4-9(15)6-11(10)16)18-7-12-19-13(17)21-14(20-12)22(2)3/h4-6,8,18H,7H2,1-3H3,(H2,17,19,20,21)/t8-/m1/s1. The zero-order valence-electron chi connectivity index (χ0n) is 12.6.